The monoisotopic (exact) mass is 418 g/mol. The summed E-state index contributed by atoms with van der Waals surface area (Å²) in [6, 6.07) is 8.95. The van der Waals surface area contributed by atoms with Crippen molar-refractivity contribution in [1.82, 2.24) is 9.80 Å². The average molecular weight is 418 g/mol. The number of amides is 2. The molecule has 6 rings (SSSR count). The summed E-state index contributed by atoms with van der Waals surface area (Å²) < 4.78 is 22.7. The summed E-state index contributed by atoms with van der Waals surface area (Å²) in [5.41, 5.74) is -0.703. The largest absolute Gasteiger partial charge is 0.447 e. The van der Waals surface area contributed by atoms with Gasteiger partial charge in [-0.2, -0.15) is 0 Å². The van der Waals surface area contributed by atoms with Crippen LogP contribution in [0.2, 0.25) is 0 Å². The van der Waals surface area contributed by atoms with Crippen molar-refractivity contribution in [1.29, 1.82) is 0 Å². The van der Waals surface area contributed by atoms with E-state index in [1.807, 2.05) is 37.3 Å². The lowest BCUT2D eigenvalue weighted by atomic mass is 9.92. The molecule has 5 saturated heterocycles. The highest BCUT2D eigenvalue weighted by Gasteiger charge is 2.60. The maximum Gasteiger partial charge on any atom is 0.411 e. The molecular formula is C21H26N2O7. The van der Waals surface area contributed by atoms with Gasteiger partial charge in [0.25, 0.3) is 5.91 Å². The zero-order valence-electron chi connectivity index (χ0n) is 16.9. The van der Waals surface area contributed by atoms with Crippen LogP contribution in [0.3, 0.4) is 0 Å². The van der Waals surface area contributed by atoms with Crippen molar-refractivity contribution in [3.05, 3.63) is 35.9 Å². The van der Waals surface area contributed by atoms with Crippen molar-refractivity contribution >= 4 is 12.0 Å². The zero-order valence-corrected chi connectivity index (χ0v) is 16.9. The Kier molecular flexibility index (Phi) is 4.55. The van der Waals surface area contributed by atoms with E-state index in [0.717, 1.165) is 5.56 Å². The molecule has 0 saturated carbocycles. The molecule has 0 aromatic heterocycles. The van der Waals surface area contributed by atoms with Crippen molar-refractivity contribution in [3.63, 3.8) is 0 Å². The first-order valence-corrected chi connectivity index (χ1v) is 10.2. The molecule has 2 amide bonds. The van der Waals surface area contributed by atoms with Crippen LogP contribution in [0.15, 0.2) is 30.3 Å². The maximum atomic E-state index is 13.5. The number of aliphatic hydroxyl groups is 1. The summed E-state index contributed by atoms with van der Waals surface area (Å²) in [6.45, 7) is 3.58. The van der Waals surface area contributed by atoms with Gasteiger partial charge in [-0.3, -0.25) is 9.69 Å². The Bertz CT molecular complexity index is 822. The molecule has 1 aromatic carbocycles. The van der Waals surface area contributed by atoms with Gasteiger partial charge in [-0.1, -0.05) is 37.3 Å². The molecule has 5 aliphatic heterocycles. The van der Waals surface area contributed by atoms with Crippen LogP contribution in [0.5, 0.6) is 0 Å². The summed E-state index contributed by atoms with van der Waals surface area (Å²) in [7, 11) is 0. The second kappa shape index (κ2) is 6.91. The predicted molar refractivity (Wildman–Crippen MR) is 102 cm³/mol. The number of rotatable bonds is 5. The lowest BCUT2D eigenvalue weighted by Gasteiger charge is -2.51. The Morgan fingerprint density at radius 1 is 1.10 bits per heavy atom. The van der Waals surface area contributed by atoms with E-state index in [-0.39, 0.29) is 30.9 Å². The molecule has 0 aliphatic carbocycles. The predicted octanol–water partition coefficient (Wildman–Crippen LogP) is 0.880. The molecule has 0 radical (unpaired) electrons. The van der Waals surface area contributed by atoms with Gasteiger partial charge >= 0.3 is 12.1 Å². The van der Waals surface area contributed by atoms with E-state index < -0.39 is 30.3 Å². The number of fused-ring (bicyclic) bond motifs is 3. The SMILES string of the molecule is CC12COC(CN3CC[C@@](CO)(N4C(=O)OC[C@@H]4c4ccccc4)C3=O)(OC1)OC2. The van der Waals surface area contributed by atoms with Crippen LogP contribution < -0.4 is 0 Å². The fourth-order valence-electron chi connectivity index (χ4n) is 4.71. The van der Waals surface area contributed by atoms with Crippen LogP contribution in [0, 0.1) is 5.41 Å². The van der Waals surface area contributed by atoms with Gasteiger partial charge < -0.3 is 29.0 Å². The molecule has 162 valence electrons. The van der Waals surface area contributed by atoms with E-state index in [0.29, 0.717) is 26.4 Å². The molecule has 2 bridgehead atoms. The lowest BCUT2D eigenvalue weighted by Crippen LogP contribution is -2.64. The van der Waals surface area contributed by atoms with E-state index in [4.69, 9.17) is 18.9 Å². The van der Waals surface area contributed by atoms with Crippen molar-refractivity contribution in [2.24, 2.45) is 5.41 Å². The van der Waals surface area contributed by atoms with Crippen LogP contribution in [0.4, 0.5) is 4.79 Å². The van der Waals surface area contributed by atoms with E-state index in [9.17, 15) is 14.7 Å². The number of ether oxygens (including phenoxy) is 4. The number of hydrogen-bond donors (Lipinski definition) is 1. The Balaban J connectivity index is 1.39. The second-order valence-corrected chi connectivity index (χ2v) is 8.90. The van der Waals surface area contributed by atoms with Gasteiger partial charge in [0.05, 0.1) is 32.5 Å². The summed E-state index contributed by atoms with van der Waals surface area (Å²) in [4.78, 5) is 29.1. The van der Waals surface area contributed by atoms with Crippen molar-refractivity contribution in [3.8, 4) is 0 Å². The Labute approximate surface area is 174 Å². The van der Waals surface area contributed by atoms with Gasteiger partial charge in [0.2, 0.25) is 0 Å². The molecule has 9 heteroatoms. The molecule has 9 nitrogen and oxygen atoms in total. The third-order valence-corrected chi connectivity index (χ3v) is 6.57. The fraction of sp³-hybridized carbons (Fsp3) is 0.619. The highest BCUT2D eigenvalue weighted by Crippen LogP contribution is 2.43. The van der Waals surface area contributed by atoms with Gasteiger partial charge in [-0.15, -0.1) is 0 Å². The van der Waals surface area contributed by atoms with Gasteiger partial charge in [-0.25, -0.2) is 4.79 Å². The molecule has 5 heterocycles. The first-order valence-electron chi connectivity index (χ1n) is 10.2. The first kappa shape index (κ1) is 19.7. The standard InChI is InChI=1S/C21H26N2O7/c1-19-12-28-21(29-13-19,30-14-19)10-22-8-7-20(11-24,17(22)25)23-16(9-27-18(23)26)15-5-3-2-4-6-15/h2-6,16,24H,7-14H2,1H3/t16-,19?,20+,21?/m1/s1. The summed E-state index contributed by atoms with van der Waals surface area (Å²) >= 11 is 0. The van der Waals surface area contributed by atoms with Crippen molar-refractivity contribution in [2.45, 2.75) is 30.9 Å². The molecule has 5 aliphatic rings. The van der Waals surface area contributed by atoms with E-state index in [2.05, 4.69) is 0 Å². The minimum atomic E-state index is -1.39. The zero-order chi connectivity index (χ0) is 21.0. The van der Waals surface area contributed by atoms with E-state index in [1.165, 1.54) is 4.90 Å². The van der Waals surface area contributed by atoms with Crippen LogP contribution in [-0.2, 0) is 23.7 Å². The van der Waals surface area contributed by atoms with Gasteiger partial charge in [0.15, 0.2) is 5.54 Å². The molecule has 5 fully saturated rings. The number of cyclic esters (lactones) is 1. The molecule has 0 unspecified atom stereocenters. The quantitative estimate of drug-likeness (QED) is 0.758. The Morgan fingerprint density at radius 3 is 2.40 bits per heavy atom. The molecule has 2 atom stereocenters. The minimum Gasteiger partial charge on any atom is -0.447 e. The number of likely N-dealkylation sites (tertiary alicyclic amines) is 1. The number of nitrogens with zero attached hydrogens (tertiary/aromatic N) is 2. The number of carbonyl (C=O) groups excluding carboxylic acids is 2. The molecule has 0 spiro atoms. The van der Waals surface area contributed by atoms with Crippen LogP contribution in [0.1, 0.15) is 24.9 Å². The molecular weight excluding hydrogens is 392 g/mol. The average Bonchev–Trinajstić information content (AvgIpc) is 3.31. The Hall–Kier alpha value is -2.20. The Morgan fingerprint density at radius 2 is 1.77 bits per heavy atom. The van der Waals surface area contributed by atoms with Crippen LogP contribution in [-0.4, -0.2) is 84.5 Å². The van der Waals surface area contributed by atoms with E-state index >= 15 is 0 Å². The van der Waals surface area contributed by atoms with Crippen molar-refractivity contribution in [2.75, 3.05) is 46.1 Å². The normalized spacial score (nSPS) is 38.4. The van der Waals surface area contributed by atoms with Crippen LogP contribution >= 0.6 is 0 Å². The lowest BCUT2D eigenvalue weighted by molar-refractivity contribution is -0.466. The number of aliphatic hydroxyl groups excluding tert-OH is 1. The third kappa shape index (κ3) is 2.91. The first-order chi connectivity index (χ1) is 14.4. The van der Waals surface area contributed by atoms with E-state index in [1.54, 1.807) is 4.90 Å². The van der Waals surface area contributed by atoms with Crippen LogP contribution in [0.25, 0.3) is 0 Å². The van der Waals surface area contributed by atoms with Gasteiger partial charge in [0, 0.05) is 12.0 Å². The third-order valence-electron chi connectivity index (χ3n) is 6.57. The molecule has 1 N–H and O–H groups in total. The number of carbonyl (C=O) groups is 2. The maximum absolute atomic E-state index is 13.5. The smallest absolute Gasteiger partial charge is 0.411 e. The summed E-state index contributed by atoms with van der Waals surface area (Å²) in [5.74, 6) is -1.64. The number of hydrogen-bond acceptors (Lipinski definition) is 7. The second-order valence-electron chi connectivity index (χ2n) is 8.90. The molecule has 1 aromatic rings. The number of benzene rings is 1. The highest BCUT2D eigenvalue weighted by molar-refractivity contribution is 5.92. The van der Waals surface area contributed by atoms with Crippen molar-refractivity contribution < 1.29 is 33.6 Å². The minimum absolute atomic E-state index is 0.0859. The highest BCUT2D eigenvalue weighted by atomic mass is 16.9. The molecule has 30 heavy (non-hydrogen) atoms. The van der Waals surface area contributed by atoms with Gasteiger partial charge in [0.1, 0.15) is 13.2 Å². The summed E-state index contributed by atoms with van der Waals surface area (Å²) in [6.07, 6.45) is -0.310. The topological polar surface area (TPSA) is 97.8 Å². The summed E-state index contributed by atoms with van der Waals surface area (Å²) in [5, 5.41) is 10.3. The fourth-order valence-corrected chi connectivity index (χ4v) is 4.71. The van der Waals surface area contributed by atoms with Gasteiger partial charge in [-0.05, 0) is 12.0 Å².